The molecule has 1 saturated heterocycles. The Kier molecular flexibility index (Phi) is 7.60. The van der Waals surface area contributed by atoms with Gasteiger partial charge in [-0.15, -0.1) is 0 Å². The van der Waals surface area contributed by atoms with Crippen LogP contribution < -0.4 is 4.74 Å². The number of likely N-dealkylation sites (tertiary alicyclic amines) is 1. The number of likely N-dealkylation sites (N-methyl/N-ethyl adjacent to an activating group) is 1. The molecule has 1 aliphatic heterocycles. The van der Waals surface area contributed by atoms with Gasteiger partial charge in [0, 0.05) is 42.6 Å². The van der Waals surface area contributed by atoms with E-state index in [0.29, 0.717) is 33.9 Å². The maximum absolute atomic E-state index is 12.9. The van der Waals surface area contributed by atoms with E-state index >= 15 is 0 Å². The molecule has 5 rings (SSSR count). The number of imide groups is 1. The van der Waals surface area contributed by atoms with Crippen LogP contribution in [0.25, 0.3) is 32.3 Å². The first-order valence-electron chi connectivity index (χ1n) is 13.1. The highest BCUT2D eigenvalue weighted by atomic mass is 32.2. The van der Waals surface area contributed by atoms with Gasteiger partial charge in [0.1, 0.15) is 10.6 Å². The van der Waals surface area contributed by atoms with E-state index in [0.717, 1.165) is 26.6 Å². The van der Waals surface area contributed by atoms with Crippen LogP contribution in [0.2, 0.25) is 0 Å². The lowest BCUT2D eigenvalue weighted by Gasteiger charge is -2.24. The Morgan fingerprint density at radius 2 is 1.54 bits per heavy atom. The van der Waals surface area contributed by atoms with E-state index < -0.39 is 28.2 Å². The van der Waals surface area contributed by atoms with E-state index in [1.807, 2.05) is 25.1 Å². The summed E-state index contributed by atoms with van der Waals surface area (Å²) in [7, 11) is -2.87. The molecule has 0 aromatic heterocycles. The summed E-state index contributed by atoms with van der Waals surface area (Å²) in [5.41, 5.74) is 1.58. The molecule has 0 saturated carbocycles. The topological polar surface area (TPSA) is 151 Å². The largest absolute Gasteiger partial charge is 0.483 e. The van der Waals surface area contributed by atoms with Crippen LogP contribution in [-0.4, -0.2) is 72.2 Å². The Bertz CT molecular complexity index is 1790. The quantitative estimate of drug-likeness (QED) is 0.0928. The van der Waals surface area contributed by atoms with Gasteiger partial charge in [-0.3, -0.25) is 23.8 Å². The highest BCUT2D eigenvalue weighted by molar-refractivity contribution is 7.86. The molecular formula is C29H30N2O9S. The van der Waals surface area contributed by atoms with Crippen molar-refractivity contribution in [2.24, 2.45) is 0 Å². The van der Waals surface area contributed by atoms with E-state index in [1.54, 1.807) is 26.1 Å². The van der Waals surface area contributed by atoms with Crippen molar-refractivity contribution in [3.05, 3.63) is 47.5 Å². The molecule has 11 nitrogen and oxygen atoms in total. The van der Waals surface area contributed by atoms with Gasteiger partial charge in [0.2, 0.25) is 11.8 Å². The highest BCUT2D eigenvalue weighted by Gasteiger charge is 2.35. The van der Waals surface area contributed by atoms with Crippen molar-refractivity contribution in [3.8, 4) is 5.75 Å². The van der Waals surface area contributed by atoms with E-state index in [4.69, 9.17) is 4.74 Å². The average molecular weight is 583 g/mol. The zero-order valence-corrected chi connectivity index (χ0v) is 23.7. The second kappa shape index (κ2) is 10.9. The lowest BCUT2D eigenvalue weighted by molar-refractivity contribution is -0.305. The van der Waals surface area contributed by atoms with Crippen molar-refractivity contribution in [2.45, 2.75) is 50.7 Å². The lowest BCUT2D eigenvalue weighted by atomic mass is 9.90. The van der Waals surface area contributed by atoms with Gasteiger partial charge in [0.25, 0.3) is 16.0 Å². The van der Waals surface area contributed by atoms with Gasteiger partial charge < -0.3 is 9.64 Å². The third kappa shape index (κ3) is 5.19. The van der Waals surface area contributed by atoms with Crippen molar-refractivity contribution in [2.75, 3.05) is 20.2 Å². The maximum Gasteiger partial charge on any atom is 0.295 e. The van der Waals surface area contributed by atoms with Crippen LogP contribution in [-0.2, 0) is 29.4 Å². The van der Waals surface area contributed by atoms with Crippen LogP contribution in [0.4, 0.5) is 0 Å². The van der Waals surface area contributed by atoms with Crippen molar-refractivity contribution in [1.82, 2.24) is 9.80 Å². The summed E-state index contributed by atoms with van der Waals surface area (Å²) >= 11 is 0. The zero-order chi connectivity index (χ0) is 29.6. The number of rotatable bonds is 10. The number of hydrogen-bond donors (Lipinski definition) is 2. The zero-order valence-electron chi connectivity index (χ0n) is 22.8. The number of hydrogen-bond acceptors (Lipinski definition) is 8. The Hall–Kier alpha value is -3.84. The fourth-order valence-electron chi connectivity index (χ4n) is 5.62. The molecule has 4 aromatic rings. The molecule has 1 fully saturated rings. The number of carbonyl (C=O) groups is 3. The number of nitrogens with zero attached hydrogens (tertiary/aromatic N) is 2. The van der Waals surface area contributed by atoms with Crippen LogP contribution in [0.5, 0.6) is 5.75 Å². The van der Waals surface area contributed by atoms with Gasteiger partial charge in [-0.05, 0) is 72.2 Å². The number of amides is 3. The first-order chi connectivity index (χ1) is 19.4. The molecule has 0 aliphatic carbocycles. The van der Waals surface area contributed by atoms with Gasteiger partial charge in [0.05, 0.1) is 0 Å². The minimum absolute atomic E-state index is 0.0816. The molecule has 0 bridgehead atoms. The van der Waals surface area contributed by atoms with Gasteiger partial charge in [0.15, 0.2) is 12.8 Å². The fourth-order valence-corrected chi connectivity index (χ4v) is 6.40. The Labute approximate surface area is 236 Å². The summed E-state index contributed by atoms with van der Waals surface area (Å²) in [6.45, 7) is 3.69. The van der Waals surface area contributed by atoms with Crippen LogP contribution in [0, 0.1) is 13.8 Å². The van der Waals surface area contributed by atoms with Crippen molar-refractivity contribution >= 4 is 60.2 Å². The van der Waals surface area contributed by atoms with Crippen molar-refractivity contribution in [1.29, 1.82) is 0 Å². The normalized spacial score (nSPS) is 15.0. The molecule has 4 aromatic carbocycles. The van der Waals surface area contributed by atoms with E-state index in [2.05, 4.69) is 4.89 Å². The summed E-state index contributed by atoms with van der Waals surface area (Å²) in [5.74, 6) is -0.659. The number of benzene rings is 4. The number of carbonyl (C=O) groups excluding carboxylic acids is 3. The molecule has 41 heavy (non-hydrogen) atoms. The van der Waals surface area contributed by atoms with Gasteiger partial charge in [-0.1, -0.05) is 18.2 Å². The summed E-state index contributed by atoms with van der Waals surface area (Å²) in [6, 6.07) is 10.6. The van der Waals surface area contributed by atoms with Crippen molar-refractivity contribution < 1.29 is 42.2 Å². The molecule has 1 unspecified atom stereocenters. The third-order valence-corrected chi connectivity index (χ3v) is 8.63. The summed E-state index contributed by atoms with van der Waals surface area (Å²) in [4.78, 5) is 43.3. The van der Waals surface area contributed by atoms with Gasteiger partial charge in [-0.25, -0.2) is 10.1 Å². The Morgan fingerprint density at radius 1 is 0.976 bits per heavy atom. The molecule has 2 N–H and O–H groups in total. The standard InChI is InChI=1S/C29H30N2O9S/c1-16-13-22(39-15-26(34)30(3)12-4-5-27(40-35)31-24(32)10-11-25(31)33)20-8-9-21-23(41(36,37)38)14-17(2)19-7-6-18(16)28(20)29(19)21/h6-9,13-14,27,35H,4-5,10-12,15H2,1-3H3,(H,36,37,38). The second-order valence-electron chi connectivity index (χ2n) is 10.4. The highest BCUT2D eigenvalue weighted by Crippen LogP contribution is 2.43. The molecule has 1 aliphatic rings. The van der Waals surface area contributed by atoms with E-state index in [9.17, 15) is 32.6 Å². The van der Waals surface area contributed by atoms with Crippen LogP contribution >= 0.6 is 0 Å². The minimum atomic E-state index is -4.47. The molecule has 1 heterocycles. The predicted molar refractivity (Wildman–Crippen MR) is 150 cm³/mol. The maximum atomic E-state index is 12.9. The van der Waals surface area contributed by atoms with E-state index in [-0.39, 0.29) is 43.2 Å². The second-order valence-corrected chi connectivity index (χ2v) is 11.8. The molecule has 216 valence electrons. The monoisotopic (exact) mass is 582 g/mol. The minimum Gasteiger partial charge on any atom is -0.483 e. The molecule has 0 radical (unpaired) electrons. The summed E-state index contributed by atoms with van der Waals surface area (Å²) < 4.78 is 40.2. The third-order valence-electron chi connectivity index (χ3n) is 7.74. The summed E-state index contributed by atoms with van der Waals surface area (Å²) in [6.07, 6.45) is -0.414. The van der Waals surface area contributed by atoms with Crippen LogP contribution in [0.1, 0.15) is 36.8 Å². The summed E-state index contributed by atoms with van der Waals surface area (Å²) in [5, 5.41) is 13.5. The van der Waals surface area contributed by atoms with Gasteiger partial charge in [-0.2, -0.15) is 8.42 Å². The van der Waals surface area contributed by atoms with Gasteiger partial charge >= 0.3 is 0 Å². The molecule has 0 spiro atoms. The molecule has 3 amide bonds. The first-order valence-corrected chi connectivity index (χ1v) is 14.6. The Morgan fingerprint density at radius 3 is 2.15 bits per heavy atom. The Balaban J connectivity index is 1.35. The number of ether oxygens (including phenoxy) is 1. The number of aryl methyl sites for hydroxylation is 2. The first kappa shape index (κ1) is 28.7. The van der Waals surface area contributed by atoms with Crippen LogP contribution in [0.15, 0.2) is 41.3 Å². The van der Waals surface area contributed by atoms with E-state index in [1.165, 1.54) is 11.0 Å². The molecule has 12 heteroatoms. The van der Waals surface area contributed by atoms with Crippen molar-refractivity contribution in [3.63, 3.8) is 0 Å². The molecular weight excluding hydrogens is 552 g/mol. The average Bonchev–Trinajstić information content (AvgIpc) is 3.26. The predicted octanol–water partition coefficient (Wildman–Crippen LogP) is 4.03. The fraction of sp³-hybridized carbons (Fsp3) is 0.345. The molecule has 1 atom stereocenters. The van der Waals surface area contributed by atoms with Crippen LogP contribution in [0.3, 0.4) is 0 Å². The smallest absolute Gasteiger partial charge is 0.295 e. The lowest BCUT2D eigenvalue weighted by Crippen LogP contribution is -2.41. The SMILES string of the molecule is Cc1cc(OCC(=O)N(C)CCCC(OO)N2C(=O)CCC2=O)c2ccc3c(S(=O)(=O)O)cc(C)c4ccc1c2c43.